The van der Waals surface area contributed by atoms with Crippen LogP contribution in [0.15, 0.2) is 24.3 Å². The second-order valence-corrected chi connectivity index (χ2v) is 6.69. The highest BCUT2D eigenvalue weighted by Gasteiger charge is 2.38. The van der Waals surface area contributed by atoms with Gasteiger partial charge in [0.25, 0.3) is 0 Å². The summed E-state index contributed by atoms with van der Waals surface area (Å²) in [7, 11) is 0. The van der Waals surface area contributed by atoms with Gasteiger partial charge in [0, 0.05) is 37.7 Å². The highest BCUT2D eigenvalue weighted by molar-refractivity contribution is 6.00. The average molecular weight is 318 g/mol. The van der Waals surface area contributed by atoms with E-state index in [2.05, 4.69) is 0 Å². The Labute approximate surface area is 136 Å². The molecule has 2 aliphatic heterocycles. The van der Waals surface area contributed by atoms with E-state index in [0.717, 1.165) is 24.1 Å². The number of rotatable bonds is 3. The molecule has 0 saturated carbocycles. The number of likely N-dealkylation sites (tertiary alicyclic amines) is 1. The van der Waals surface area contributed by atoms with Gasteiger partial charge in [-0.05, 0) is 31.9 Å². The first-order chi connectivity index (χ1) is 11.1. The molecule has 0 aliphatic carbocycles. The van der Waals surface area contributed by atoms with Crippen molar-refractivity contribution < 1.29 is 14.0 Å². The van der Waals surface area contributed by atoms with Crippen molar-refractivity contribution in [3.8, 4) is 0 Å². The first kappa shape index (κ1) is 16.0. The lowest BCUT2D eigenvalue weighted by Crippen LogP contribution is -2.44. The Kier molecular flexibility index (Phi) is 4.64. The van der Waals surface area contributed by atoms with Crippen LogP contribution in [0.1, 0.15) is 24.8 Å². The fourth-order valence-electron chi connectivity index (χ4n) is 3.50. The number of amides is 2. The maximum absolute atomic E-state index is 12.9. The van der Waals surface area contributed by atoms with Gasteiger partial charge in [-0.15, -0.1) is 0 Å². The summed E-state index contributed by atoms with van der Waals surface area (Å²) in [6.07, 6.45) is 1.95. The number of piperidine rings is 1. The molecular formula is C18H23FN2O2. The molecule has 5 heteroatoms. The number of hydrogen-bond acceptors (Lipinski definition) is 2. The van der Waals surface area contributed by atoms with Crippen LogP contribution in [0.4, 0.5) is 10.1 Å². The summed E-state index contributed by atoms with van der Waals surface area (Å²) in [6, 6.07) is 7.77. The summed E-state index contributed by atoms with van der Waals surface area (Å²) in [5, 5.41) is 0. The van der Waals surface area contributed by atoms with Crippen LogP contribution in [0.3, 0.4) is 0 Å². The van der Waals surface area contributed by atoms with E-state index in [1.165, 1.54) is 0 Å². The van der Waals surface area contributed by atoms with Crippen LogP contribution in [-0.2, 0) is 9.59 Å². The van der Waals surface area contributed by atoms with Gasteiger partial charge in [0.2, 0.25) is 11.8 Å². The van der Waals surface area contributed by atoms with E-state index < -0.39 is 0 Å². The molecule has 2 unspecified atom stereocenters. The van der Waals surface area contributed by atoms with E-state index in [1.807, 2.05) is 31.2 Å². The third-order valence-corrected chi connectivity index (χ3v) is 4.87. The molecule has 1 aromatic carbocycles. The quantitative estimate of drug-likeness (QED) is 0.859. The number of aryl methyl sites for hydroxylation is 1. The molecular weight excluding hydrogens is 295 g/mol. The predicted molar refractivity (Wildman–Crippen MR) is 86.9 cm³/mol. The van der Waals surface area contributed by atoms with E-state index >= 15 is 0 Å². The number of alkyl halides is 1. The van der Waals surface area contributed by atoms with Crippen molar-refractivity contribution in [1.29, 1.82) is 0 Å². The van der Waals surface area contributed by atoms with Gasteiger partial charge < -0.3 is 9.80 Å². The summed E-state index contributed by atoms with van der Waals surface area (Å²) in [4.78, 5) is 28.4. The van der Waals surface area contributed by atoms with Crippen molar-refractivity contribution in [3.63, 3.8) is 0 Å². The smallest absolute Gasteiger partial charge is 0.228 e. The lowest BCUT2D eigenvalue weighted by molar-refractivity contribution is -0.137. The maximum Gasteiger partial charge on any atom is 0.228 e. The molecule has 2 atom stereocenters. The van der Waals surface area contributed by atoms with Crippen LogP contribution in [0.5, 0.6) is 0 Å². The van der Waals surface area contributed by atoms with Gasteiger partial charge in [0.05, 0.1) is 12.6 Å². The Morgan fingerprint density at radius 3 is 2.70 bits per heavy atom. The van der Waals surface area contributed by atoms with Gasteiger partial charge in [-0.2, -0.15) is 0 Å². The number of benzene rings is 1. The van der Waals surface area contributed by atoms with Crippen LogP contribution >= 0.6 is 0 Å². The van der Waals surface area contributed by atoms with E-state index in [-0.39, 0.29) is 36.7 Å². The zero-order valence-electron chi connectivity index (χ0n) is 13.5. The topological polar surface area (TPSA) is 40.6 Å². The average Bonchev–Trinajstić information content (AvgIpc) is 2.97. The summed E-state index contributed by atoms with van der Waals surface area (Å²) in [5.41, 5.74) is 1.98. The Morgan fingerprint density at radius 2 is 2.00 bits per heavy atom. The summed E-state index contributed by atoms with van der Waals surface area (Å²) in [5.74, 6) is -0.350. The van der Waals surface area contributed by atoms with Crippen molar-refractivity contribution in [1.82, 2.24) is 4.90 Å². The molecule has 0 spiro atoms. The van der Waals surface area contributed by atoms with Gasteiger partial charge in [-0.1, -0.05) is 17.7 Å². The minimum Gasteiger partial charge on any atom is -0.342 e. The number of anilines is 1. The second kappa shape index (κ2) is 6.69. The lowest BCUT2D eigenvalue weighted by atomic mass is 9.97. The normalized spacial score (nSPS) is 25.0. The zero-order valence-corrected chi connectivity index (χ0v) is 13.5. The molecule has 124 valence electrons. The summed E-state index contributed by atoms with van der Waals surface area (Å²) < 4.78 is 12.9. The predicted octanol–water partition coefficient (Wildman–Crippen LogP) is 2.56. The van der Waals surface area contributed by atoms with Gasteiger partial charge in [-0.25, -0.2) is 0 Å². The molecule has 0 N–H and O–H groups in total. The second-order valence-electron chi connectivity index (χ2n) is 6.69. The van der Waals surface area contributed by atoms with Gasteiger partial charge in [0.1, 0.15) is 0 Å². The Morgan fingerprint density at radius 1 is 1.26 bits per heavy atom. The van der Waals surface area contributed by atoms with E-state index in [0.29, 0.717) is 19.6 Å². The lowest BCUT2D eigenvalue weighted by Gasteiger charge is -2.33. The molecule has 2 aliphatic rings. The van der Waals surface area contributed by atoms with Crippen LogP contribution in [0, 0.1) is 18.8 Å². The number of carbonyl (C=O) groups is 2. The monoisotopic (exact) mass is 318 g/mol. The first-order valence-electron chi connectivity index (χ1n) is 8.30. The maximum atomic E-state index is 12.9. The van der Waals surface area contributed by atoms with Crippen molar-refractivity contribution in [2.45, 2.75) is 26.2 Å². The molecule has 4 nitrogen and oxygen atoms in total. The molecule has 0 radical (unpaired) electrons. The fourth-order valence-corrected chi connectivity index (χ4v) is 3.50. The van der Waals surface area contributed by atoms with E-state index in [4.69, 9.17) is 0 Å². The van der Waals surface area contributed by atoms with E-state index in [1.54, 1.807) is 9.80 Å². The molecule has 2 amide bonds. The third kappa shape index (κ3) is 3.38. The highest BCUT2D eigenvalue weighted by atomic mass is 19.1. The van der Waals surface area contributed by atoms with Gasteiger partial charge in [0.15, 0.2) is 0 Å². The molecule has 0 bridgehead atoms. The minimum atomic E-state index is -0.372. The zero-order chi connectivity index (χ0) is 16.4. The Hall–Kier alpha value is -1.91. The number of nitrogens with zero attached hydrogens (tertiary/aromatic N) is 2. The van der Waals surface area contributed by atoms with Crippen molar-refractivity contribution in [2.75, 3.05) is 31.2 Å². The standard InChI is InChI=1S/C18H23FN2O2/c1-13-4-6-16(7-5-13)21-12-15(9-17(21)22)18(23)20-8-2-3-14(10-19)11-20/h4-7,14-15H,2-3,8-12H2,1H3. The SMILES string of the molecule is Cc1ccc(N2CC(C(=O)N3CCCC(CF)C3)CC2=O)cc1. The molecule has 1 aromatic rings. The van der Waals surface area contributed by atoms with E-state index in [9.17, 15) is 14.0 Å². The number of hydrogen-bond donors (Lipinski definition) is 0. The van der Waals surface area contributed by atoms with Crippen molar-refractivity contribution >= 4 is 17.5 Å². The summed E-state index contributed by atoms with van der Waals surface area (Å²) >= 11 is 0. The number of halogens is 1. The van der Waals surface area contributed by atoms with Crippen LogP contribution in [-0.4, -0.2) is 43.0 Å². The van der Waals surface area contributed by atoms with Crippen LogP contribution in [0.2, 0.25) is 0 Å². The van der Waals surface area contributed by atoms with Crippen LogP contribution in [0.25, 0.3) is 0 Å². The van der Waals surface area contributed by atoms with Crippen LogP contribution < -0.4 is 4.90 Å². The van der Waals surface area contributed by atoms with Crippen molar-refractivity contribution in [3.05, 3.63) is 29.8 Å². The van der Waals surface area contributed by atoms with Gasteiger partial charge in [-0.3, -0.25) is 14.0 Å². The fraction of sp³-hybridized carbons (Fsp3) is 0.556. The third-order valence-electron chi connectivity index (χ3n) is 4.87. The first-order valence-corrected chi connectivity index (χ1v) is 8.30. The van der Waals surface area contributed by atoms with Crippen molar-refractivity contribution in [2.24, 2.45) is 11.8 Å². The Balaban J connectivity index is 1.67. The molecule has 3 rings (SSSR count). The molecule has 23 heavy (non-hydrogen) atoms. The molecule has 2 heterocycles. The largest absolute Gasteiger partial charge is 0.342 e. The Bertz CT molecular complexity index is 587. The van der Waals surface area contributed by atoms with Gasteiger partial charge >= 0.3 is 0 Å². The molecule has 2 saturated heterocycles. The highest BCUT2D eigenvalue weighted by Crippen LogP contribution is 2.28. The molecule has 0 aromatic heterocycles. The summed E-state index contributed by atoms with van der Waals surface area (Å²) in [6.45, 7) is 3.23. The molecule has 2 fully saturated rings. The minimum absolute atomic E-state index is 0.00566. The number of carbonyl (C=O) groups excluding carboxylic acids is 2.